The first-order valence-corrected chi connectivity index (χ1v) is 6.38. The van der Waals surface area contributed by atoms with E-state index in [2.05, 4.69) is 10.3 Å². The quantitative estimate of drug-likeness (QED) is 0.405. The molecule has 3 N–H and O–H groups in total. The van der Waals surface area contributed by atoms with Gasteiger partial charge in [-0.25, -0.2) is 5.84 Å². The first-order chi connectivity index (χ1) is 8.19. The van der Waals surface area contributed by atoms with Gasteiger partial charge in [-0.05, 0) is 25.8 Å². The Labute approximate surface area is 104 Å². The predicted octanol–water partition coefficient (Wildman–Crippen LogP) is 0.503. The largest absolute Gasteiger partial charge is 0.383 e. The fourth-order valence-corrected chi connectivity index (χ4v) is 2.56. The van der Waals surface area contributed by atoms with E-state index in [-0.39, 0.29) is 11.9 Å². The van der Waals surface area contributed by atoms with Crippen LogP contribution in [0, 0.1) is 5.92 Å². The summed E-state index contributed by atoms with van der Waals surface area (Å²) in [7, 11) is 3.57. The van der Waals surface area contributed by atoms with Crippen LogP contribution in [-0.2, 0) is 9.53 Å². The van der Waals surface area contributed by atoms with Crippen LogP contribution in [-0.4, -0.2) is 44.2 Å². The van der Waals surface area contributed by atoms with Crippen molar-refractivity contribution in [1.82, 2.24) is 10.3 Å². The lowest BCUT2D eigenvalue weighted by Gasteiger charge is -2.31. The summed E-state index contributed by atoms with van der Waals surface area (Å²) >= 11 is 0. The van der Waals surface area contributed by atoms with Crippen molar-refractivity contribution < 1.29 is 9.53 Å². The molecule has 0 bridgehead atoms. The molecule has 1 atom stereocenters. The fraction of sp³-hybridized carbons (Fsp3) is 0.917. The fourth-order valence-electron chi connectivity index (χ4n) is 2.56. The second-order valence-electron chi connectivity index (χ2n) is 4.92. The molecule has 1 saturated carbocycles. The Hall–Kier alpha value is -0.650. The highest BCUT2D eigenvalue weighted by atomic mass is 16.5. The number of likely N-dealkylation sites (N-methyl/N-ethyl adjacent to an activating group) is 1. The summed E-state index contributed by atoms with van der Waals surface area (Å²) < 4.78 is 5.08. The molecule has 0 spiro atoms. The van der Waals surface area contributed by atoms with Crippen molar-refractivity contribution >= 4 is 5.91 Å². The maximum Gasteiger partial charge on any atom is 0.253 e. The Kier molecular flexibility index (Phi) is 6.47. The SMILES string of the molecule is COCC(C(=O)NN)N(C)CC1CCCCC1. The number of rotatable bonds is 6. The zero-order valence-corrected chi connectivity index (χ0v) is 10.9. The first-order valence-electron chi connectivity index (χ1n) is 6.38. The highest BCUT2D eigenvalue weighted by Gasteiger charge is 2.25. The second-order valence-corrected chi connectivity index (χ2v) is 4.92. The number of amides is 1. The lowest BCUT2D eigenvalue weighted by Crippen LogP contribution is -2.51. The molecule has 0 heterocycles. The molecular weight excluding hydrogens is 218 g/mol. The van der Waals surface area contributed by atoms with Gasteiger partial charge in [0.2, 0.25) is 0 Å². The van der Waals surface area contributed by atoms with Crippen LogP contribution >= 0.6 is 0 Å². The van der Waals surface area contributed by atoms with Gasteiger partial charge in [0.25, 0.3) is 5.91 Å². The molecule has 0 aromatic heterocycles. The molecule has 17 heavy (non-hydrogen) atoms. The normalized spacial score (nSPS) is 19.3. The van der Waals surface area contributed by atoms with Gasteiger partial charge in [0, 0.05) is 13.7 Å². The summed E-state index contributed by atoms with van der Waals surface area (Å²) in [6.45, 7) is 1.33. The van der Waals surface area contributed by atoms with E-state index in [0.717, 1.165) is 6.54 Å². The van der Waals surface area contributed by atoms with Crippen molar-refractivity contribution in [2.45, 2.75) is 38.1 Å². The number of carbonyl (C=O) groups is 1. The number of nitrogens with two attached hydrogens (primary N) is 1. The molecule has 1 amide bonds. The van der Waals surface area contributed by atoms with Crippen molar-refractivity contribution in [1.29, 1.82) is 0 Å². The van der Waals surface area contributed by atoms with Crippen LogP contribution in [0.3, 0.4) is 0 Å². The summed E-state index contributed by atoms with van der Waals surface area (Å²) in [6.07, 6.45) is 6.53. The van der Waals surface area contributed by atoms with Crippen LogP contribution in [0.15, 0.2) is 0 Å². The van der Waals surface area contributed by atoms with Gasteiger partial charge in [0.1, 0.15) is 6.04 Å². The minimum Gasteiger partial charge on any atom is -0.383 e. The number of methoxy groups -OCH3 is 1. The average Bonchev–Trinajstić information content (AvgIpc) is 2.36. The van der Waals surface area contributed by atoms with E-state index < -0.39 is 0 Å². The zero-order valence-electron chi connectivity index (χ0n) is 10.9. The van der Waals surface area contributed by atoms with Gasteiger partial charge in [-0.3, -0.25) is 15.1 Å². The molecular formula is C12H25N3O2. The van der Waals surface area contributed by atoms with E-state index in [9.17, 15) is 4.79 Å². The number of ether oxygens (including phenoxy) is 1. The van der Waals surface area contributed by atoms with E-state index >= 15 is 0 Å². The Balaban J connectivity index is 2.45. The van der Waals surface area contributed by atoms with Gasteiger partial charge in [-0.2, -0.15) is 0 Å². The lowest BCUT2D eigenvalue weighted by molar-refractivity contribution is -0.128. The molecule has 0 aromatic carbocycles. The highest BCUT2D eigenvalue weighted by molar-refractivity contribution is 5.81. The van der Waals surface area contributed by atoms with Gasteiger partial charge < -0.3 is 4.74 Å². The molecule has 1 aliphatic carbocycles. The number of hydrazine groups is 1. The molecule has 5 heteroatoms. The Morgan fingerprint density at radius 2 is 2.12 bits per heavy atom. The van der Waals surface area contributed by atoms with E-state index in [4.69, 9.17) is 10.6 Å². The number of nitrogens with one attached hydrogen (secondary N) is 1. The zero-order chi connectivity index (χ0) is 12.7. The standard InChI is InChI=1S/C12H25N3O2/c1-15(8-10-6-4-3-5-7-10)11(9-17-2)12(16)14-13/h10-11H,3-9,13H2,1-2H3,(H,14,16). The third-order valence-electron chi connectivity index (χ3n) is 3.57. The first kappa shape index (κ1) is 14.4. The van der Waals surface area contributed by atoms with Gasteiger partial charge in [-0.15, -0.1) is 0 Å². The van der Waals surface area contributed by atoms with Crippen molar-refractivity contribution in [2.75, 3.05) is 27.3 Å². The molecule has 0 radical (unpaired) electrons. The monoisotopic (exact) mass is 243 g/mol. The minimum absolute atomic E-state index is 0.176. The third-order valence-corrected chi connectivity index (χ3v) is 3.57. The topological polar surface area (TPSA) is 67.6 Å². The van der Waals surface area contributed by atoms with Crippen LogP contribution in [0.2, 0.25) is 0 Å². The van der Waals surface area contributed by atoms with Gasteiger partial charge >= 0.3 is 0 Å². The lowest BCUT2D eigenvalue weighted by atomic mass is 9.89. The molecule has 0 saturated heterocycles. The molecule has 0 aromatic rings. The van der Waals surface area contributed by atoms with Crippen molar-refractivity contribution in [2.24, 2.45) is 11.8 Å². The van der Waals surface area contributed by atoms with Crippen LogP contribution < -0.4 is 11.3 Å². The smallest absolute Gasteiger partial charge is 0.253 e. The second kappa shape index (κ2) is 7.63. The Bertz CT molecular complexity index is 230. The van der Waals surface area contributed by atoms with Crippen molar-refractivity contribution in [3.63, 3.8) is 0 Å². The van der Waals surface area contributed by atoms with Crippen LogP contribution in [0.5, 0.6) is 0 Å². The molecule has 1 unspecified atom stereocenters. The average molecular weight is 243 g/mol. The molecule has 0 aliphatic heterocycles. The van der Waals surface area contributed by atoms with Gasteiger partial charge in [-0.1, -0.05) is 19.3 Å². The molecule has 1 rings (SSSR count). The summed E-state index contributed by atoms with van der Waals surface area (Å²) in [5.41, 5.74) is 2.21. The highest BCUT2D eigenvalue weighted by Crippen LogP contribution is 2.24. The minimum atomic E-state index is -0.285. The van der Waals surface area contributed by atoms with Crippen molar-refractivity contribution in [3.8, 4) is 0 Å². The summed E-state index contributed by atoms with van der Waals surface area (Å²) in [5, 5.41) is 0. The van der Waals surface area contributed by atoms with Crippen LogP contribution in [0.4, 0.5) is 0 Å². The van der Waals surface area contributed by atoms with E-state index in [1.165, 1.54) is 32.1 Å². The number of hydrogen-bond donors (Lipinski definition) is 2. The third kappa shape index (κ3) is 4.61. The summed E-state index contributed by atoms with van der Waals surface area (Å²) in [5.74, 6) is 5.72. The van der Waals surface area contributed by atoms with Gasteiger partial charge in [0.15, 0.2) is 0 Å². The van der Waals surface area contributed by atoms with Crippen LogP contribution in [0.1, 0.15) is 32.1 Å². The molecule has 1 fully saturated rings. The van der Waals surface area contributed by atoms with Crippen LogP contribution in [0.25, 0.3) is 0 Å². The number of carbonyl (C=O) groups excluding carboxylic acids is 1. The number of nitrogens with zero attached hydrogens (tertiary/aromatic N) is 1. The predicted molar refractivity (Wildman–Crippen MR) is 67.2 cm³/mol. The van der Waals surface area contributed by atoms with E-state index in [1.54, 1.807) is 7.11 Å². The number of hydrogen-bond acceptors (Lipinski definition) is 4. The summed E-state index contributed by atoms with van der Waals surface area (Å²) in [6, 6.07) is -0.285. The Morgan fingerprint density at radius 3 is 2.65 bits per heavy atom. The summed E-state index contributed by atoms with van der Waals surface area (Å²) in [4.78, 5) is 13.7. The Morgan fingerprint density at radius 1 is 1.47 bits per heavy atom. The maximum absolute atomic E-state index is 11.6. The molecule has 100 valence electrons. The maximum atomic E-state index is 11.6. The molecule has 5 nitrogen and oxygen atoms in total. The van der Waals surface area contributed by atoms with E-state index in [0.29, 0.717) is 12.5 Å². The van der Waals surface area contributed by atoms with E-state index in [1.807, 2.05) is 7.05 Å². The molecule has 1 aliphatic rings. The van der Waals surface area contributed by atoms with Crippen molar-refractivity contribution in [3.05, 3.63) is 0 Å². The van der Waals surface area contributed by atoms with Gasteiger partial charge in [0.05, 0.1) is 6.61 Å².